The first-order valence-electron chi connectivity index (χ1n) is 7.92. The molecule has 3 rings (SSSR count). The van der Waals surface area contributed by atoms with Gasteiger partial charge in [-0.05, 0) is 29.8 Å². The quantitative estimate of drug-likeness (QED) is 0.453. The Morgan fingerprint density at radius 3 is 2.39 bits per heavy atom. The number of ether oxygens (including phenoxy) is 2. The predicted molar refractivity (Wildman–Crippen MR) is 104 cm³/mol. The number of thiazole rings is 1. The first-order valence-corrected chi connectivity index (χ1v) is 9.11. The second kappa shape index (κ2) is 8.20. The maximum absolute atomic E-state index is 13.4. The highest BCUT2D eigenvalue weighted by molar-refractivity contribution is 7.18. The van der Waals surface area contributed by atoms with Crippen LogP contribution in [0, 0.1) is 0 Å². The molecule has 1 aromatic heterocycles. The molecular formula is C19H14ClF3N2O2S. The zero-order valence-electron chi connectivity index (χ0n) is 14.7. The number of methoxy groups -OCH3 is 2. The van der Waals surface area contributed by atoms with Crippen LogP contribution in [0.2, 0.25) is 5.02 Å². The second-order valence-electron chi connectivity index (χ2n) is 5.54. The molecule has 0 aliphatic carbocycles. The van der Waals surface area contributed by atoms with Crippen molar-refractivity contribution in [1.82, 2.24) is 4.98 Å². The number of alkyl halides is 3. The van der Waals surface area contributed by atoms with Crippen LogP contribution in [0.3, 0.4) is 0 Å². The molecule has 0 saturated carbocycles. The molecule has 0 amide bonds. The highest BCUT2D eigenvalue weighted by atomic mass is 35.5. The third-order valence-corrected chi connectivity index (χ3v) is 5.01. The van der Waals surface area contributed by atoms with Crippen molar-refractivity contribution in [3.05, 3.63) is 58.7 Å². The molecule has 0 N–H and O–H groups in total. The van der Waals surface area contributed by atoms with E-state index in [0.717, 1.165) is 11.3 Å². The maximum atomic E-state index is 13.4. The fourth-order valence-electron chi connectivity index (χ4n) is 2.40. The Morgan fingerprint density at radius 1 is 1.07 bits per heavy atom. The summed E-state index contributed by atoms with van der Waals surface area (Å²) in [5.41, 5.74) is -0.0218. The minimum absolute atomic E-state index is 0.0157. The summed E-state index contributed by atoms with van der Waals surface area (Å²) >= 11 is 6.67. The normalized spacial score (nSPS) is 11.8. The molecule has 4 nitrogen and oxygen atoms in total. The van der Waals surface area contributed by atoms with Crippen LogP contribution in [0.15, 0.2) is 47.5 Å². The standard InChI is InChI=1S/C19H14ClF3N2O2S/c1-26-14-8-5-12(15(9-14)27-2)10-24-18-25-17(19(21,22)23)16(28-18)11-3-6-13(20)7-4-11/h3-10H,1-2H3. The lowest BCUT2D eigenvalue weighted by Gasteiger charge is -2.06. The number of aromatic nitrogens is 1. The number of benzene rings is 2. The van der Waals surface area contributed by atoms with Gasteiger partial charge in [0.2, 0.25) is 5.13 Å². The van der Waals surface area contributed by atoms with Crippen molar-refractivity contribution < 1.29 is 22.6 Å². The van der Waals surface area contributed by atoms with Gasteiger partial charge in [0.15, 0.2) is 5.69 Å². The van der Waals surface area contributed by atoms with Crippen molar-refractivity contribution in [2.24, 2.45) is 4.99 Å². The van der Waals surface area contributed by atoms with Gasteiger partial charge in [-0.25, -0.2) is 9.98 Å². The van der Waals surface area contributed by atoms with Gasteiger partial charge >= 0.3 is 6.18 Å². The largest absolute Gasteiger partial charge is 0.497 e. The van der Waals surface area contributed by atoms with E-state index in [-0.39, 0.29) is 10.0 Å². The summed E-state index contributed by atoms with van der Waals surface area (Å²) in [4.78, 5) is 7.78. The van der Waals surface area contributed by atoms with Gasteiger partial charge in [-0.15, -0.1) is 0 Å². The highest BCUT2D eigenvalue weighted by Gasteiger charge is 2.38. The summed E-state index contributed by atoms with van der Waals surface area (Å²) < 4.78 is 50.7. The highest BCUT2D eigenvalue weighted by Crippen LogP contribution is 2.43. The number of hydrogen-bond acceptors (Lipinski definition) is 5. The third-order valence-electron chi connectivity index (χ3n) is 3.75. The zero-order valence-corrected chi connectivity index (χ0v) is 16.3. The van der Waals surface area contributed by atoms with Crippen molar-refractivity contribution >= 4 is 34.3 Å². The predicted octanol–water partition coefficient (Wildman–Crippen LogP) is 6.25. The number of nitrogens with zero attached hydrogens (tertiary/aromatic N) is 2. The Bertz CT molecular complexity index is 1000. The molecule has 0 saturated heterocycles. The van der Waals surface area contributed by atoms with Crippen LogP contribution in [-0.2, 0) is 6.18 Å². The molecule has 0 aliphatic heterocycles. The first-order chi connectivity index (χ1) is 13.3. The molecule has 0 spiro atoms. The van der Waals surface area contributed by atoms with Crippen LogP contribution in [0.4, 0.5) is 18.3 Å². The van der Waals surface area contributed by atoms with Crippen molar-refractivity contribution in [1.29, 1.82) is 0 Å². The summed E-state index contributed by atoms with van der Waals surface area (Å²) in [5.74, 6) is 1.07. The van der Waals surface area contributed by atoms with E-state index in [1.165, 1.54) is 44.7 Å². The molecule has 0 bridgehead atoms. The zero-order chi connectivity index (χ0) is 20.3. The van der Waals surface area contributed by atoms with Gasteiger partial charge in [0.1, 0.15) is 11.5 Å². The van der Waals surface area contributed by atoms with Crippen LogP contribution in [-0.4, -0.2) is 25.4 Å². The Labute approximate surface area is 168 Å². The Kier molecular flexibility index (Phi) is 5.90. The molecule has 0 aliphatic rings. The SMILES string of the molecule is COc1ccc(C=Nc2nc(C(F)(F)F)c(-c3ccc(Cl)cc3)s2)c(OC)c1. The fourth-order valence-corrected chi connectivity index (χ4v) is 3.47. The van der Waals surface area contributed by atoms with Gasteiger partial charge in [-0.3, -0.25) is 0 Å². The molecule has 0 unspecified atom stereocenters. The molecule has 1 heterocycles. The fraction of sp³-hybridized carbons (Fsp3) is 0.158. The number of rotatable bonds is 5. The average Bonchev–Trinajstić information content (AvgIpc) is 3.11. The van der Waals surface area contributed by atoms with Crippen molar-refractivity contribution in [3.63, 3.8) is 0 Å². The van der Waals surface area contributed by atoms with E-state index >= 15 is 0 Å². The van der Waals surface area contributed by atoms with E-state index in [2.05, 4.69) is 9.98 Å². The molecule has 9 heteroatoms. The van der Waals surface area contributed by atoms with Gasteiger partial charge in [-0.2, -0.15) is 13.2 Å². The molecule has 2 aromatic carbocycles. The van der Waals surface area contributed by atoms with Crippen LogP contribution in [0.25, 0.3) is 10.4 Å². The Morgan fingerprint density at radius 2 is 1.79 bits per heavy atom. The van der Waals surface area contributed by atoms with Gasteiger partial charge in [-0.1, -0.05) is 35.1 Å². The Balaban J connectivity index is 1.99. The summed E-state index contributed by atoms with van der Waals surface area (Å²) in [6.45, 7) is 0. The van der Waals surface area contributed by atoms with Crippen molar-refractivity contribution in [2.45, 2.75) is 6.18 Å². The van der Waals surface area contributed by atoms with Crippen LogP contribution >= 0.6 is 22.9 Å². The number of aliphatic imine (C=N–C) groups is 1. The molecule has 0 radical (unpaired) electrons. The molecule has 3 aromatic rings. The molecular weight excluding hydrogens is 413 g/mol. The van der Waals surface area contributed by atoms with Gasteiger partial charge in [0.05, 0.1) is 19.1 Å². The number of hydrogen-bond donors (Lipinski definition) is 0. The van der Waals surface area contributed by atoms with Gasteiger partial charge < -0.3 is 9.47 Å². The lowest BCUT2D eigenvalue weighted by Crippen LogP contribution is -2.06. The van der Waals surface area contributed by atoms with Gasteiger partial charge in [0.25, 0.3) is 0 Å². The van der Waals surface area contributed by atoms with Crippen LogP contribution < -0.4 is 9.47 Å². The monoisotopic (exact) mass is 426 g/mol. The molecule has 0 fully saturated rings. The van der Waals surface area contributed by atoms with Crippen molar-refractivity contribution in [3.8, 4) is 21.9 Å². The van der Waals surface area contributed by atoms with E-state index in [0.29, 0.717) is 27.6 Å². The molecule has 0 atom stereocenters. The van der Waals surface area contributed by atoms with Gasteiger partial charge in [0, 0.05) is 22.9 Å². The lowest BCUT2D eigenvalue weighted by atomic mass is 10.1. The lowest BCUT2D eigenvalue weighted by molar-refractivity contribution is -0.140. The van der Waals surface area contributed by atoms with Crippen molar-refractivity contribution in [2.75, 3.05) is 14.2 Å². The van der Waals surface area contributed by atoms with E-state index < -0.39 is 11.9 Å². The average molecular weight is 427 g/mol. The second-order valence-corrected chi connectivity index (χ2v) is 6.96. The summed E-state index contributed by atoms with van der Waals surface area (Å²) in [7, 11) is 3.00. The van der Waals surface area contributed by atoms with E-state index in [9.17, 15) is 13.2 Å². The minimum Gasteiger partial charge on any atom is -0.497 e. The third kappa shape index (κ3) is 4.45. The summed E-state index contributed by atoms with van der Waals surface area (Å²) in [5, 5.41) is 0.418. The van der Waals surface area contributed by atoms with E-state index in [1.807, 2.05) is 0 Å². The number of halogens is 4. The first kappa shape index (κ1) is 20.2. The summed E-state index contributed by atoms with van der Waals surface area (Å²) in [6.07, 6.45) is -3.19. The topological polar surface area (TPSA) is 43.7 Å². The molecule has 146 valence electrons. The smallest absolute Gasteiger partial charge is 0.434 e. The van der Waals surface area contributed by atoms with Crippen LogP contribution in [0.5, 0.6) is 11.5 Å². The van der Waals surface area contributed by atoms with E-state index in [1.54, 1.807) is 18.2 Å². The summed E-state index contributed by atoms with van der Waals surface area (Å²) in [6, 6.07) is 11.1. The maximum Gasteiger partial charge on any atom is 0.434 e. The molecule has 28 heavy (non-hydrogen) atoms. The van der Waals surface area contributed by atoms with Crippen LogP contribution in [0.1, 0.15) is 11.3 Å². The van der Waals surface area contributed by atoms with E-state index in [4.69, 9.17) is 21.1 Å². The minimum atomic E-state index is -4.60. The Hall–Kier alpha value is -2.58.